The van der Waals surface area contributed by atoms with E-state index in [1.165, 1.54) is 12.1 Å². The molecular formula is C16H11N3NaO9S2+. The van der Waals surface area contributed by atoms with Gasteiger partial charge in [0, 0.05) is 17.5 Å². The molecule has 0 heterocycles. The van der Waals surface area contributed by atoms with Crippen LogP contribution in [0, 0.1) is 10.1 Å². The summed E-state index contributed by atoms with van der Waals surface area (Å²) < 4.78 is 65.3. The zero-order valence-electron chi connectivity index (χ0n) is 15.6. The van der Waals surface area contributed by atoms with Crippen LogP contribution in [0.4, 0.5) is 17.1 Å². The number of nitro benzene ring substituents is 1. The first-order chi connectivity index (χ1) is 13.9. The molecule has 0 saturated heterocycles. The van der Waals surface area contributed by atoms with Crippen molar-refractivity contribution in [3.63, 3.8) is 0 Å². The Balaban J connectivity index is 0.00000341. The Morgan fingerprint density at radius 2 is 1.48 bits per heavy atom. The van der Waals surface area contributed by atoms with Crippen molar-refractivity contribution in [3.05, 3.63) is 58.6 Å². The topological polar surface area (TPSA) is 197 Å². The van der Waals surface area contributed by atoms with Crippen LogP contribution in [0.25, 0.3) is 10.8 Å². The maximum atomic E-state index is 11.8. The summed E-state index contributed by atoms with van der Waals surface area (Å²) in [5.41, 5.74) is -0.492. The van der Waals surface area contributed by atoms with Crippen molar-refractivity contribution in [2.75, 3.05) is 0 Å². The van der Waals surface area contributed by atoms with E-state index in [4.69, 9.17) is 0 Å². The molecular weight excluding hydrogens is 465 g/mol. The fourth-order valence-corrected chi connectivity index (χ4v) is 3.94. The SMILES string of the molecule is O=[N+]([O-])c1ccc(N=Nc2c(O)ccc3cc(S(=O)(=O)O)cc(S(=O)(=O)O)c23)cc1.[Na+]. The third-order valence-electron chi connectivity index (χ3n) is 3.91. The molecule has 0 saturated carbocycles. The van der Waals surface area contributed by atoms with E-state index in [0.29, 0.717) is 6.07 Å². The molecule has 0 bridgehead atoms. The number of nitrogens with zero attached hydrogens (tertiary/aromatic N) is 3. The second-order valence-corrected chi connectivity index (χ2v) is 8.69. The summed E-state index contributed by atoms with van der Waals surface area (Å²) >= 11 is 0. The molecule has 0 aliphatic heterocycles. The number of phenols is 1. The van der Waals surface area contributed by atoms with Gasteiger partial charge in [-0.3, -0.25) is 19.2 Å². The Morgan fingerprint density at radius 3 is 2.00 bits per heavy atom. The number of benzene rings is 3. The number of fused-ring (bicyclic) bond motifs is 1. The van der Waals surface area contributed by atoms with Crippen LogP contribution >= 0.6 is 0 Å². The molecule has 0 aliphatic rings. The average Bonchev–Trinajstić information content (AvgIpc) is 2.65. The van der Waals surface area contributed by atoms with Crippen molar-refractivity contribution in [2.45, 2.75) is 9.79 Å². The van der Waals surface area contributed by atoms with E-state index in [1.54, 1.807) is 0 Å². The minimum atomic E-state index is -5.01. The van der Waals surface area contributed by atoms with Gasteiger partial charge in [-0.15, -0.1) is 5.11 Å². The molecule has 0 amide bonds. The third-order valence-corrected chi connectivity index (χ3v) is 5.62. The van der Waals surface area contributed by atoms with Gasteiger partial charge >= 0.3 is 29.6 Å². The minimum absolute atomic E-state index is 0. The van der Waals surface area contributed by atoms with Crippen molar-refractivity contribution in [1.82, 2.24) is 0 Å². The van der Waals surface area contributed by atoms with Crippen molar-refractivity contribution in [1.29, 1.82) is 0 Å². The quantitative estimate of drug-likeness (QED) is 0.153. The van der Waals surface area contributed by atoms with E-state index in [2.05, 4.69) is 10.2 Å². The van der Waals surface area contributed by atoms with Gasteiger partial charge in [0.15, 0.2) is 0 Å². The summed E-state index contributed by atoms with van der Waals surface area (Å²) in [7, 11) is -9.83. The molecule has 0 fully saturated rings. The van der Waals surface area contributed by atoms with Gasteiger partial charge < -0.3 is 5.11 Å². The zero-order chi connectivity index (χ0) is 22.3. The molecule has 0 radical (unpaired) electrons. The third kappa shape index (κ3) is 5.43. The van der Waals surface area contributed by atoms with Gasteiger partial charge in [-0.2, -0.15) is 21.9 Å². The monoisotopic (exact) mass is 476 g/mol. The summed E-state index contributed by atoms with van der Waals surface area (Å²) in [5.74, 6) is -0.544. The van der Waals surface area contributed by atoms with E-state index < -0.39 is 46.4 Å². The van der Waals surface area contributed by atoms with Gasteiger partial charge in [0.1, 0.15) is 16.3 Å². The Bertz CT molecular complexity index is 1420. The molecule has 3 aromatic carbocycles. The number of nitro groups is 1. The van der Waals surface area contributed by atoms with Gasteiger partial charge in [-0.05, 0) is 35.7 Å². The Kier molecular flexibility index (Phi) is 7.17. The number of aromatic hydroxyl groups is 1. The van der Waals surface area contributed by atoms with Crippen LogP contribution < -0.4 is 29.6 Å². The maximum Gasteiger partial charge on any atom is 1.00 e. The Labute approximate surface area is 197 Å². The molecule has 3 rings (SSSR count). The number of hydrogen-bond acceptors (Lipinski definition) is 9. The number of hydrogen-bond donors (Lipinski definition) is 3. The first-order valence-electron chi connectivity index (χ1n) is 7.79. The largest absolute Gasteiger partial charge is 1.00 e. The van der Waals surface area contributed by atoms with Crippen LogP contribution in [0.15, 0.2) is 68.6 Å². The molecule has 0 aromatic heterocycles. The van der Waals surface area contributed by atoms with E-state index in [9.17, 15) is 41.2 Å². The number of azo groups is 1. The molecule has 156 valence electrons. The van der Waals surface area contributed by atoms with Gasteiger partial charge in [-0.1, -0.05) is 6.07 Å². The van der Waals surface area contributed by atoms with Crippen molar-refractivity contribution in [2.24, 2.45) is 10.2 Å². The first-order valence-corrected chi connectivity index (χ1v) is 10.7. The van der Waals surface area contributed by atoms with Crippen LogP contribution in [0.3, 0.4) is 0 Å². The van der Waals surface area contributed by atoms with Crippen molar-refractivity contribution < 1.29 is 65.5 Å². The van der Waals surface area contributed by atoms with Gasteiger partial charge in [0.25, 0.3) is 25.9 Å². The normalized spacial score (nSPS) is 12.1. The summed E-state index contributed by atoms with van der Waals surface area (Å²) in [6.07, 6.45) is 0. The number of phenolic OH excluding ortho intramolecular Hbond substituents is 1. The summed E-state index contributed by atoms with van der Waals surface area (Å²) in [5, 5.41) is 27.9. The fourth-order valence-electron chi connectivity index (χ4n) is 2.57. The molecule has 0 aliphatic carbocycles. The van der Waals surface area contributed by atoms with Crippen LogP contribution in [0.1, 0.15) is 0 Å². The zero-order valence-corrected chi connectivity index (χ0v) is 19.2. The van der Waals surface area contributed by atoms with Crippen LogP contribution in [0.2, 0.25) is 0 Å². The van der Waals surface area contributed by atoms with Crippen LogP contribution in [-0.2, 0) is 20.2 Å². The van der Waals surface area contributed by atoms with Gasteiger partial charge in [0.2, 0.25) is 0 Å². The number of rotatable bonds is 5. The standard InChI is InChI=1S/C16H11N3O9S2.Na/c20-13-6-1-9-7-12(29(23,24)25)8-14(30(26,27)28)15(9)16(13)18-17-10-2-4-11(5-3-10)19(21)22;/h1-8,20H,(H,23,24,25)(H,26,27,28);/q;+1. The maximum absolute atomic E-state index is 11.8. The van der Waals surface area contributed by atoms with Gasteiger partial charge in [0.05, 0.1) is 15.5 Å². The van der Waals surface area contributed by atoms with E-state index >= 15 is 0 Å². The first kappa shape index (κ1) is 24.8. The second kappa shape index (κ2) is 8.96. The average molecular weight is 476 g/mol. The summed E-state index contributed by atoms with van der Waals surface area (Å²) in [6, 6.07) is 8.47. The molecule has 0 atom stereocenters. The molecule has 31 heavy (non-hydrogen) atoms. The molecule has 15 heteroatoms. The predicted octanol–water partition coefficient (Wildman–Crippen LogP) is 0.366. The van der Waals surface area contributed by atoms with E-state index in [-0.39, 0.29) is 51.7 Å². The number of non-ortho nitro benzene ring substituents is 1. The summed E-state index contributed by atoms with van der Waals surface area (Å²) in [6.45, 7) is 0. The smallest absolute Gasteiger partial charge is 0.506 e. The van der Waals surface area contributed by atoms with Crippen LogP contribution in [0.5, 0.6) is 5.75 Å². The van der Waals surface area contributed by atoms with E-state index in [0.717, 1.165) is 30.3 Å². The summed E-state index contributed by atoms with van der Waals surface area (Å²) in [4.78, 5) is 8.34. The molecule has 3 N–H and O–H groups in total. The Morgan fingerprint density at radius 1 is 0.871 bits per heavy atom. The molecule has 0 unspecified atom stereocenters. The van der Waals surface area contributed by atoms with Crippen LogP contribution in [-0.4, -0.2) is 36.0 Å². The Hall–Kier alpha value is -2.46. The molecule has 3 aromatic rings. The fraction of sp³-hybridized carbons (Fsp3) is 0. The second-order valence-electron chi connectivity index (χ2n) is 5.88. The van der Waals surface area contributed by atoms with Crippen molar-refractivity contribution in [3.8, 4) is 5.75 Å². The molecule has 12 nitrogen and oxygen atoms in total. The minimum Gasteiger partial charge on any atom is -0.506 e. The van der Waals surface area contributed by atoms with Gasteiger partial charge in [-0.25, -0.2) is 0 Å². The molecule has 0 spiro atoms. The van der Waals surface area contributed by atoms with E-state index in [1.807, 2.05) is 0 Å². The van der Waals surface area contributed by atoms with Crippen molar-refractivity contribution >= 4 is 48.1 Å². The predicted molar refractivity (Wildman–Crippen MR) is 103 cm³/mol.